The quantitative estimate of drug-likeness (QED) is 0.654. The summed E-state index contributed by atoms with van der Waals surface area (Å²) in [7, 11) is 0. The molecule has 0 heterocycles. The summed E-state index contributed by atoms with van der Waals surface area (Å²) in [5.74, 6) is 0. The lowest BCUT2D eigenvalue weighted by Gasteiger charge is -1.93. The average molecular weight is 185 g/mol. The van der Waals surface area contributed by atoms with Gasteiger partial charge < -0.3 is 5.73 Å². The average Bonchev–Trinajstić information content (AvgIpc) is 1.97. The number of alkyl halides is 3. The highest BCUT2D eigenvalue weighted by molar-refractivity contribution is 4.41. The van der Waals surface area contributed by atoms with E-state index in [-0.39, 0.29) is 0 Å². The van der Waals surface area contributed by atoms with Gasteiger partial charge in [0.15, 0.2) is 0 Å². The predicted molar refractivity (Wildman–Crippen MR) is 44.9 cm³/mol. The summed E-state index contributed by atoms with van der Waals surface area (Å²) in [6, 6.07) is 0. The Labute approximate surface area is 72.1 Å². The summed E-state index contributed by atoms with van der Waals surface area (Å²) in [6.07, 6.45) is 6.60. The molecule has 0 amide bonds. The van der Waals surface area contributed by atoms with Gasteiger partial charge in [0.2, 0.25) is 0 Å². The first-order valence-electron chi connectivity index (χ1n) is 4.27. The summed E-state index contributed by atoms with van der Waals surface area (Å²) in [5.41, 5.74) is 5.31. The van der Waals surface area contributed by atoms with Crippen LogP contribution in [0.1, 0.15) is 39.0 Å². The van der Waals surface area contributed by atoms with E-state index in [1.54, 1.807) is 0 Å². The normalized spacial score (nSPS) is 9.50. The highest BCUT2D eigenvalue weighted by Crippen LogP contribution is 2.00. The van der Waals surface area contributed by atoms with Crippen LogP contribution in [0.25, 0.3) is 0 Å². The lowest BCUT2D eigenvalue weighted by Crippen LogP contribution is -1.97. The van der Waals surface area contributed by atoms with Gasteiger partial charge >= 0.3 is 6.68 Å². The molecule has 0 spiro atoms. The zero-order chi connectivity index (χ0) is 9.82. The van der Waals surface area contributed by atoms with Crippen LogP contribution in [-0.4, -0.2) is 13.2 Å². The van der Waals surface area contributed by atoms with Crippen molar-refractivity contribution in [3.05, 3.63) is 0 Å². The Morgan fingerprint density at radius 3 is 1.75 bits per heavy atom. The summed E-state index contributed by atoms with van der Waals surface area (Å²) < 4.78 is 29.0. The number of hydrogen-bond donors (Lipinski definition) is 1. The third-order valence-electron chi connectivity index (χ3n) is 1.31. The lowest BCUT2D eigenvalue weighted by atomic mass is 10.2. The van der Waals surface area contributed by atoms with Gasteiger partial charge in [-0.25, -0.2) is 0 Å². The van der Waals surface area contributed by atoms with Crippen molar-refractivity contribution in [3.63, 3.8) is 0 Å². The standard InChI is InChI=1S/C7H17N.CHF3/c1-2-3-4-5-6-7-8;2-1(3)4/h2-8H2,1H3;1H. The Balaban J connectivity index is 0. The Morgan fingerprint density at radius 1 is 1.00 bits per heavy atom. The van der Waals surface area contributed by atoms with Crippen LogP contribution in [0.4, 0.5) is 13.2 Å². The maximum absolute atomic E-state index is 9.67. The van der Waals surface area contributed by atoms with Crippen LogP contribution < -0.4 is 5.73 Å². The molecule has 0 aliphatic carbocycles. The second-order valence-corrected chi connectivity index (χ2v) is 2.45. The fraction of sp³-hybridized carbons (Fsp3) is 1.00. The van der Waals surface area contributed by atoms with E-state index in [0.29, 0.717) is 0 Å². The first-order chi connectivity index (χ1) is 5.65. The molecule has 4 heteroatoms. The number of nitrogens with two attached hydrogens (primary N) is 1. The van der Waals surface area contributed by atoms with Gasteiger partial charge in [-0.05, 0) is 13.0 Å². The van der Waals surface area contributed by atoms with Gasteiger partial charge in [0.25, 0.3) is 0 Å². The van der Waals surface area contributed by atoms with Crippen molar-refractivity contribution in [1.29, 1.82) is 0 Å². The molecule has 0 aromatic carbocycles. The molecule has 0 aromatic rings. The molecule has 0 atom stereocenters. The molecule has 76 valence electrons. The van der Waals surface area contributed by atoms with Crippen molar-refractivity contribution in [2.45, 2.75) is 45.7 Å². The van der Waals surface area contributed by atoms with E-state index in [1.807, 2.05) is 0 Å². The van der Waals surface area contributed by atoms with E-state index in [4.69, 9.17) is 5.73 Å². The molecule has 0 unspecified atom stereocenters. The molecule has 0 saturated carbocycles. The first kappa shape index (κ1) is 14.3. The Hall–Kier alpha value is -0.250. The van der Waals surface area contributed by atoms with E-state index in [1.165, 1.54) is 32.1 Å². The molecule has 0 bridgehead atoms. The van der Waals surface area contributed by atoms with E-state index in [2.05, 4.69) is 6.92 Å². The van der Waals surface area contributed by atoms with E-state index < -0.39 is 6.68 Å². The molecule has 0 rings (SSSR count). The molecular weight excluding hydrogens is 167 g/mol. The van der Waals surface area contributed by atoms with Crippen LogP contribution in [0.5, 0.6) is 0 Å². The van der Waals surface area contributed by atoms with Crippen molar-refractivity contribution in [2.75, 3.05) is 6.54 Å². The van der Waals surface area contributed by atoms with E-state index in [9.17, 15) is 13.2 Å². The van der Waals surface area contributed by atoms with Crippen molar-refractivity contribution >= 4 is 0 Å². The second-order valence-electron chi connectivity index (χ2n) is 2.45. The lowest BCUT2D eigenvalue weighted by molar-refractivity contribution is 0.00819. The number of rotatable bonds is 5. The van der Waals surface area contributed by atoms with Gasteiger partial charge in [0.1, 0.15) is 0 Å². The second kappa shape index (κ2) is 13.3. The largest absolute Gasteiger partial charge is 0.379 e. The smallest absolute Gasteiger partial charge is 0.330 e. The van der Waals surface area contributed by atoms with Crippen molar-refractivity contribution in [3.8, 4) is 0 Å². The molecule has 0 aromatic heterocycles. The highest BCUT2D eigenvalue weighted by atomic mass is 19.4. The zero-order valence-corrected chi connectivity index (χ0v) is 7.53. The third kappa shape index (κ3) is 33.1. The Kier molecular flexibility index (Phi) is 15.9. The first-order valence-corrected chi connectivity index (χ1v) is 4.27. The monoisotopic (exact) mass is 185 g/mol. The highest BCUT2D eigenvalue weighted by Gasteiger charge is 1.86. The zero-order valence-electron chi connectivity index (χ0n) is 7.53. The molecule has 0 aliphatic heterocycles. The minimum absolute atomic E-state index is 0.865. The maximum Gasteiger partial charge on any atom is 0.379 e. The van der Waals surface area contributed by atoms with Crippen LogP contribution in [0, 0.1) is 0 Å². The molecule has 12 heavy (non-hydrogen) atoms. The molecule has 0 saturated heterocycles. The van der Waals surface area contributed by atoms with Gasteiger partial charge in [-0.1, -0.05) is 32.6 Å². The molecule has 1 nitrogen and oxygen atoms in total. The summed E-state index contributed by atoms with van der Waals surface area (Å²) in [6.45, 7) is -0.577. The van der Waals surface area contributed by atoms with E-state index >= 15 is 0 Å². The Bertz CT molecular complexity index is 60.6. The minimum Gasteiger partial charge on any atom is -0.330 e. The topological polar surface area (TPSA) is 26.0 Å². The fourth-order valence-corrected chi connectivity index (χ4v) is 0.748. The molecule has 0 aliphatic rings. The predicted octanol–water partition coefficient (Wildman–Crippen LogP) is 3.09. The number of hydrogen-bond acceptors (Lipinski definition) is 1. The van der Waals surface area contributed by atoms with Crippen molar-refractivity contribution < 1.29 is 13.2 Å². The van der Waals surface area contributed by atoms with Gasteiger partial charge in [0, 0.05) is 0 Å². The van der Waals surface area contributed by atoms with Crippen LogP contribution in [0.15, 0.2) is 0 Å². The Morgan fingerprint density at radius 2 is 1.42 bits per heavy atom. The molecule has 0 fully saturated rings. The number of halogens is 3. The summed E-state index contributed by atoms with van der Waals surface area (Å²) >= 11 is 0. The summed E-state index contributed by atoms with van der Waals surface area (Å²) in [4.78, 5) is 0. The van der Waals surface area contributed by atoms with E-state index in [0.717, 1.165) is 6.54 Å². The molecule has 2 N–H and O–H groups in total. The van der Waals surface area contributed by atoms with Crippen LogP contribution >= 0.6 is 0 Å². The minimum atomic E-state index is -3.67. The van der Waals surface area contributed by atoms with Crippen LogP contribution in [0.2, 0.25) is 0 Å². The van der Waals surface area contributed by atoms with Gasteiger partial charge in [-0.2, -0.15) is 13.2 Å². The van der Waals surface area contributed by atoms with Gasteiger partial charge in [-0.3, -0.25) is 0 Å². The maximum atomic E-state index is 9.67. The van der Waals surface area contributed by atoms with Gasteiger partial charge in [0.05, 0.1) is 0 Å². The molecule has 0 radical (unpaired) electrons. The molecular formula is C8H18F3N. The number of unbranched alkanes of at least 4 members (excludes halogenated alkanes) is 4. The van der Waals surface area contributed by atoms with Crippen LogP contribution in [0.3, 0.4) is 0 Å². The van der Waals surface area contributed by atoms with Crippen molar-refractivity contribution in [2.24, 2.45) is 5.73 Å². The van der Waals surface area contributed by atoms with Gasteiger partial charge in [-0.15, -0.1) is 0 Å². The fourth-order valence-electron chi connectivity index (χ4n) is 0.748. The SMILES string of the molecule is CCCCCCCN.FC(F)F. The van der Waals surface area contributed by atoms with Crippen LogP contribution in [-0.2, 0) is 0 Å². The summed E-state index contributed by atoms with van der Waals surface area (Å²) in [5, 5.41) is 0. The van der Waals surface area contributed by atoms with Crippen molar-refractivity contribution in [1.82, 2.24) is 0 Å². The third-order valence-corrected chi connectivity index (χ3v) is 1.31.